The topological polar surface area (TPSA) is 103 Å². The van der Waals surface area contributed by atoms with Crippen molar-refractivity contribution < 1.29 is 4.74 Å². The molecule has 6 nitrogen and oxygen atoms in total. The number of rotatable bonds is 2. The SMILES string of the molecule is C.Cc1ccc2s[nH]c(=O)c2c1.Cc1ccc2snc(OCC#N)c2c1.N#CCBr. The van der Waals surface area contributed by atoms with E-state index in [-0.39, 0.29) is 19.6 Å². The second kappa shape index (κ2) is 12.8. The summed E-state index contributed by atoms with van der Waals surface area (Å²) in [6, 6.07) is 15.7. The fraction of sp³-hybridized carbons (Fsp3) is 0.238. The molecular formula is C21H21BrN4O2S2. The van der Waals surface area contributed by atoms with Crippen LogP contribution in [-0.4, -0.2) is 20.7 Å². The maximum atomic E-state index is 11.1. The molecule has 0 atom stereocenters. The number of nitriles is 2. The average Bonchev–Trinajstić information content (AvgIpc) is 3.30. The van der Waals surface area contributed by atoms with E-state index < -0.39 is 0 Å². The molecule has 2 aromatic heterocycles. The molecule has 2 heterocycles. The van der Waals surface area contributed by atoms with E-state index in [1.165, 1.54) is 28.6 Å². The lowest BCUT2D eigenvalue weighted by Gasteiger charge is -1.97. The highest BCUT2D eigenvalue weighted by atomic mass is 79.9. The lowest BCUT2D eigenvalue weighted by atomic mass is 10.2. The normalized spacial score (nSPS) is 9.23. The van der Waals surface area contributed by atoms with Crippen LogP contribution in [0.25, 0.3) is 20.2 Å². The molecule has 0 aliphatic rings. The smallest absolute Gasteiger partial charge is 0.265 e. The van der Waals surface area contributed by atoms with Gasteiger partial charge < -0.3 is 4.74 Å². The van der Waals surface area contributed by atoms with Crippen molar-refractivity contribution in [2.24, 2.45) is 0 Å². The first kappa shape index (κ1) is 25.3. The van der Waals surface area contributed by atoms with Gasteiger partial charge in [0.05, 0.1) is 31.6 Å². The summed E-state index contributed by atoms with van der Waals surface area (Å²) in [5.74, 6) is 0.565. The van der Waals surface area contributed by atoms with Gasteiger partial charge in [0.25, 0.3) is 5.56 Å². The number of H-pyrrole nitrogens is 1. The molecule has 0 saturated carbocycles. The third-order valence-electron chi connectivity index (χ3n) is 3.56. The van der Waals surface area contributed by atoms with Gasteiger partial charge in [-0.25, -0.2) is 0 Å². The van der Waals surface area contributed by atoms with E-state index >= 15 is 0 Å². The van der Waals surface area contributed by atoms with Crippen LogP contribution in [0.3, 0.4) is 0 Å². The molecular weight excluding hydrogens is 484 g/mol. The number of aromatic nitrogens is 2. The van der Waals surface area contributed by atoms with Crippen LogP contribution in [0, 0.1) is 36.5 Å². The van der Waals surface area contributed by atoms with Crippen LogP contribution in [-0.2, 0) is 0 Å². The Hall–Kier alpha value is -2.72. The quantitative estimate of drug-likeness (QED) is 0.340. The number of ether oxygens (including phenoxy) is 1. The summed E-state index contributed by atoms with van der Waals surface area (Å²) in [5, 5.41) is 18.2. The third kappa shape index (κ3) is 6.96. The third-order valence-corrected chi connectivity index (χ3v) is 5.48. The zero-order valence-electron chi connectivity index (χ0n) is 15.7. The molecule has 0 amide bonds. The number of benzene rings is 2. The van der Waals surface area contributed by atoms with Crippen LogP contribution in [0.15, 0.2) is 41.2 Å². The van der Waals surface area contributed by atoms with Gasteiger partial charge in [0.15, 0.2) is 6.61 Å². The van der Waals surface area contributed by atoms with Crippen molar-refractivity contribution in [3.05, 3.63) is 57.9 Å². The fourth-order valence-corrected chi connectivity index (χ4v) is 3.72. The molecule has 9 heteroatoms. The number of aromatic amines is 1. The van der Waals surface area contributed by atoms with Crippen molar-refractivity contribution in [2.45, 2.75) is 21.3 Å². The van der Waals surface area contributed by atoms with Gasteiger partial charge in [-0.15, -0.1) is 0 Å². The Morgan fingerprint density at radius 2 is 1.67 bits per heavy atom. The van der Waals surface area contributed by atoms with Gasteiger partial charge in [-0.2, -0.15) is 14.9 Å². The highest BCUT2D eigenvalue weighted by Crippen LogP contribution is 2.29. The van der Waals surface area contributed by atoms with Crippen LogP contribution in [0.2, 0.25) is 0 Å². The molecule has 1 N–H and O–H groups in total. The molecule has 4 rings (SSSR count). The Balaban J connectivity index is 0.000000253. The average molecular weight is 505 g/mol. The van der Waals surface area contributed by atoms with Gasteiger partial charge in [0, 0.05) is 0 Å². The zero-order chi connectivity index (χ0) is 21.2. The van der Waals surface area contributed by atoms with E-state index in [9.17, 15) is 4.79 Å². The lowest BCUT2D eigenvalue weighted by Crippen LogP contribution is -1.95. The Bertz CT molecular complexity index is 1230. The molecule has 0 spiro atoms. The summed E-state index contributed by atoms with van der Waals surface area (Å²) in [4.78, 5) is 11.1. The number of halogens is 1. The Morgan fingerprint density at radius 1 is 1.07 bits per heavy atom. The van der Waals surface area contributed by atoms with Crippen molar-refractivity contribution >= 4 is 59.2 Å². The van der Waals surface area contributed by atoms with E-state index in [4.69, 9.17) is 15.3 Å². The first-order valence-electron chi connectivity index (χ1n) is 8.36. The maximum absolute atomic E-state index is 11.1. The Morgan fingerprint density at radius 3 is 2.27 bits per heavy atom. The highest BCUT2D eigenvalue weighted by Gasteiger charge is 2.06. The molecule has 0 unspecified atom stereocenters. The fourth-order valence-electron chi connectivity index (χ4n) is 2.30. The monoisotopic (exact) mass is 504 g/mol. The molecule has 2 aromatic carbocycles. The summed E-state index contributed by atoms with van der Waals surface area (Å²) in [5.41, 5.74) is 2.31. The van der Waals surface area contributed by atoms with E-state index in [1.807, 2.05) is 62.4 Å². The van der Waals surface area contributed by atoms with Gasteiger partial charge in [0.2, 0.25) is 5.88 Å². The highest BCUT2D eigenvalue weighted by molar-refractivity contribution is 9.09. The molecule has 0 saturated heterocycles. The van der Waals surface area contributed by atoms with Crippen molar-refractivity contribution in [2.75, 3.05) is 11.9 Å². The Kier molecular flexibility index (Phi) is 10.8. The standard InChI is InChI=1S/C10H8N2OS.C8H7NOS.C2H2BrN.CH4/c1-7-2-3-9-8(6-7)10(12-14-9)13-5-4-11;1-5-2-3-7-6(4-5)8(10)9-11-7;3-1-2-4;/h2-3,6H,5H2,1H3;2-4H,1H3,(H,9,10);1H2;1H4. The van der Waals surface area contributed by atoms with Gasteiger partial charge in [0.1, 0.15) is 6.07 Å². The molecule has 156 valence electrons. The number of hydrogen-bond acceptors (Lipinski definition) is 7. The van der Waals surface area contributed by atoms with E-state index in [0.717, 1.165) is 25.7 Å². The summed E-state index contributed by atoms with van der Waals surface area (Å²) in [6.45, 7) is 4.05. The zero-order valence-corrected chi connectivity index (χ0v) is 18.9. The molecule has 0 radical (unpaired) electrons. The van der Waals surface area contributed by atoms with Crippen LogP contribution in [0.5, 0.6) is 5.88 Å². The number of hydrogen-bond donors (Lipinski definition) is 1. The van der Waals surface area contributed by atoms with Gasteiger partial charge in [-0.1, -0.05) is 58.1 Å². The van der Waals surface area contributed by atoms with Gasteiger partial charge in [-0.05, 0) is 49.6 Å². The minimum atomic E-state index is 0. The maximum Gasteiger partial charge on any atom is 0.265 e. The predicted octanol–water partition coefficient (Wildman–Crippen LogP) is 5.95. The molecule has 0 fully saturated rings. The van der Waals surface area contributed by atoms with Crippen molar-refractivity contribution in [1.29, 1.82) is 10.5 Å². The van der Waals surface area contributed by atoms with E-state index in [2.05, 4.69) is 24.7 Å². The summed E-state index contributed by atoms with van der Waals surface area (Å²) in [6.07, 6.45) is 0. The largest absolute Gasteiger partial charge is 0.461 e. The second-order valence-corrected chi connectivity index (χ2v) is 7.97. The summed E-state index contributed by atoms with van der Waals surface area (Å²) in [7, 11) is 0. The summed E-state index contributed by atoms with van der Waals surface area (Å²) < 4.78 is 14.1. The number of nitrogens with one attached hydrogen (secondary N) is 1. The number of aryl methyl sites for hydroxylation is 2. The molecule has 0 aliphatic heterocycles. The van der Waals surface area contributed by atoms with Crippen molar-refractivity contribution in [3.63, 3.8) is 0 Å². The van der Waals surface area contributed by atoms with Crippen molar-refractivity contribution in [3.8, 4) is 18.0 Å². The van der Waals surface area contributed by atoms with Gasteiger partial charge in [-0.3, -0.25) is 9.17 Å². The first-order chi connectivity index (χ1) is 14.0. The second-order valence-electron chi connectivity index (χ2n) is 5.76. The molecule has 0 aliphatic carbocycles. The van der Waals surface area contributed by atoms with Crippen LogP contribution < -0.4 is 10.3 Å². The van der Waals surface area contributed by atoms with E-state index in [1.54, 1.807) is 0 Å². The predicted molar refractivity (Wildman–Crippen MR) is 129 cm³/mol. The number of fused-ring (bicyclic) bond motifs is 2. The van der Waals surface area contributed by atoms with Crippen molar-refractivity contribution in [1.82, 2.24) is 8.75 Å². The number of nitrogens with zero attached hydrogens (tertiary/aromatic N) is 3. The van der Waals surface area contributed by atoms with Crippen LogP contribution >= 0.6 is 39.0 Å². The minimum Gasteiger partial charge on any atom is -0.461 e. The van der Waals surface area contributed by atoms with E-state index in [0.29, 0.717) is 11.2 Å². The number of alkyl halides is 1. The minimum absolute atomic E-state index is 0. The van der Waals surface area contributed by atoms with Crippen LogP contribution in [0.1, 0.15) is 18.6 Å². The van der Waals surface area contributed by atoms with Gasteiger partial charge >= 0.3 is 0 Å². The molecule has 4 aromatic rings. The summed E-state index contributed by atoms with van der Waals surface area (Å²) >= 11 is 5.66. The Labute approximate surface area is 191 Å². The first-order valence-corrected chi connectivity index (χ1v) is 11.1. The molecule has 0 bridgehead atoms. The molecule has 30 heavy (non-hydrogen) atoms. The lowest BCUT2D eigenvalue weighted by molar-refractivity contribution is 0.362. The van der Waals surface area contributed by atoms with Crippen LogP contribution in [0.4, 0.5) is 0 Å².